The van der Waals surface area contributed by atoms with E-state index in [4.69, 9.17) is 0 Å². The van der Waals surface area contributed by atoms with Crippen LogP contribution in [0.3, 0.4) is 0 Å². The number of nitrogens with one attached hydrogen (secondary N) is 2. The van der Waals surface area contributed by atoms with Crippen LogP contribution in [0, 0.1) is 0 Å². The minimum Gasteiger partial charge on any atom is -0.480 e. The molecule has 0 fully saturated rings. The van der Waals surface area contributed by atoms with Crippen molar-refractivity contribution >= 4 is 11.9 Å². The average molecular weight is 402 g/mol. The summed E-state index contributed by atoms with van der Waals surface area (Å²) in [4.78, 5) is 24.4. The summed E-state index contributed by atoms with van der Waals surface area (Å²) in [6, 6.07) is 28.7. The lowest BCUT2D eigenvalue weighted by Gasteiger charge is -2.37. The summed E-state index contributed by atoms with van der Waals surface area (Å²) in [6.45, 7) is 0. The zero-order valence-corrected chi connectivity index (χ0v) is 16.9. The Hall–Kier alpha value is -3.44. The van der Waals surface area contributed by atoms with Crippen LogP contribution < -0.4 is 10.6 Å². The molecular formula is C25H26N2O3. The number of carboxylic acids is 1. The van der Waals surface area contributed by atoms with Gasteiger partial charge in [-0.3, -0.25) is 9.59 Å². The predicted octanol–water partition coefficient (Wildman–Crippen LogP) is 3.55. The van der Waals surface area contributed by atoms with Crippen molar-refractivity contribution < 1.29 is 14.7 Å². The molecule has 5 heteroatoms. The summed E-state index contributed by atoms with van der Waals surface area (Å²) in [5.74, 6) is -1.18. The monoisotopic (exact) mass is 402 g/mol. The van der Waals surface area contributed by atoms with Crippen molar-refractivity contribution in [2.75, 3.05) is 7.05 Å². The maximum Gasteiger partial charge on any atom is 0.320 e. The third kappa shape index (κ3) is 4.58. The van der Waals surface area contributed by atoms with Gasteiger partial charge in [0.05, 0.1) is 0 Å². The van der Waals surface area contributed by atoms with Crippen molar-refractivity contribution in [1.29, 1.82) is 0 Å². The van der Waals surface area contributed by atoms with Crippen LogP contribution in [0.25, 0.3) is 0 Å². The molecule has 3 N–H and O–H groups in total. The van der Waals surface area contributed by atoms with Crippen LogP contribution in [-0.2, 0) is 15.1 Å². The molecule has 154 valence electrons. The van der Waals surface area contributed by atoms with Gasteiger partial charge in [-0.15, -0.1) is 0 Å². The Morgan fingerprint density at radius 3 is 1.53 bits per heavy atom. The Morgan fingerprint density at radius 1 is 0.800 bits per heavy atom. The normalized spacial score (nSPS) is 12.2. The number of rotatable bonds is 9. The maximum absolute atomic E-state index is 13.1. The smallest absolute Gasteiger partial charge is 0.320 e. The first-order valence-electron chi connectivity index (χ1n) is 9.95. The van der Waals surface area contributed by atoms with Crippen LogP contribution in [0.1, 0.15) is 29.5 Å². The van der Waals surface area contributed by atoms with Crippen LogP contribution in [0.15, 0.2) is 91.0 Å². The zero-order chi connectivity index (χ0) is 21.4. The number of carbonyl (C=O) groups is 2. The molecule has 0 bridgehead atoms. The molecule has 0 heterocycles. The van der Waals surface area contributed by atoms with Gasteiger partial charge in [0.15, 0.2) is 0 Å². The number of benzene rings is 3. The summed E-state index contributed by atoms with van der Waals surface area (Å²) in [5.41, 5.74) is 1.90. The van der Waals surface area contributed by atoms with Crippen molar-refractivity contribution in [3.05, 3.63) is 108 Å². The Balaban J connectivity index is 2.05. The second-order valence-electron chi connectivity index (χ2n) is 7.11. The van der Waals surface area contributed by atoms with Gasteiger partial charge in [-0.1, -0.05) is 91.0 Å². The molecule has 1 amide bonds. The first kappa shape index (κ1) is 21.3. The second-order valence-corrected chi connectivity index (χ2v) is 7.11. The predicted molar refractivity (Wildman–Crippen MR) is 117 cm³/mol. The van der Waals surface area contributed by atoms with Gasteiger partial charge in [-0.25, -0.2) is 0 Å². The molecule has 0 aromatic heterocycles. The molecule has 1 atom stereocenters. The Morgan fingerprint density at radius 2 is 1.20 bits per heavy atom. The highest BCUT2D eigenvalue weighted by atomic mass is 16.4. The first-order chi connectivity index (χ1) is 14.6. The van der Waals surface area contributed by atoms with Gasteiger partial charge >= 0.3 is 5.97 Å². The number of carboxylic acid groups (broad SMARTS) is 1. The van der Waals surface area contributed by atoms with Gasteiger partial charge in [0.1, 0.15) is 11.6 Å². The molecular weight excluding hydrogens is 376 g/mol. The van der Waals surface area contributed by atoms with E-state index in [1.54, 1.807) is 7.05 Å². The lowest BCUT2D eigenvalue weighted by Crippen LogP contribution is -2.48. The average Bonchev–Trinajstić information content (AvgIpc) is 2.79. The third-order valence-electron chi connectivity index (χ3n) is 5.25. The van der Waals surface area contributed by atoms with Gasteiger partial charge in [0.2, 0.25) is 5.91 Å². The maximum atomic E-state index is 13.1. The van der Waals surface area contributed by atoms with Crippen molar-refractivity contribution in [3.8, 4) is 0 Å². The Kier molecular flexibility index (Phi) is 6.99. The zero-order valence-electron chi connectivity index (χ0n) is 16.9. The molecule has 0 aliphatic rings. The molecule has 0 aliphatic carbocycles. The molecule has 3 aromatic rings. The largest absolute Gasteiger partial charge is 0.480 e. The SMILES string of the molecule is CN[C@@H](CCC(=O)NC(c1ccccc1)(c1ccccc1)c1ccccc1)C(=O)O. The number of likely N-dealkylation sites (N-methyl/N-ethyl adjacent to an activating group) is 1. The summed E-state index contributed by atoms with van der Waals surface area (Å²) >= 11 is 0. The highest BCUT2D eigenvalue weighted by Crippen LogP contribution is 2.36. The van der Waals surface area contributed by atoms with E-state index < -0.39 is 17.6 Å². The molecule has 5 nitrogen and oxygen atoms in total. The standard InChI is InChI=1S/C25H26N2O3/c1-26-22(24(29)30)17-18-23(28)27-25(19-11-5-2-6-12-19,20-13-7-3-8-14-20)21-15-9-4-10-16-21/h2-16,22,26H,17-18H2,1H3,(H,27,28)(H,29,30)/t22-/m0/s1. The summed E-state index contributed by atoms with van der Waals surface area (Å²) in [6.07, 6.45) is 0.290. The van der Waals surface area contributed by atoms with Gasteiger partial charge in [0.25, 0.3) is 0 Å². The number of carbonyl (C=O) groups excluding carboxylic acids is 1. The minimum atomic E-state index is -0.967. The molecule has 3 aromatic carbocycles. The first-order valence-corrected chi connectivity index (χ1v) is 9.95. The summed E-state index contributed by atoms with van der Waals surface area (Å²) in [7, 11) is 1.58. The Labute approximate surface area is 176 Å². The third-order valence-corrected chi connectivity index (χ3v) is 5.25. The van der Waals surface area contributed by atoms with Crippen molar-refractivity contribution in [1.82, 2.24) is 10.6 Å². The highest BCUT2D eigenvalue weighted by molar-refractivity contribution is 5.80. The second kappa shape index (κ2) is 9.85. The van der Waals surface area contributed by atoms with E-state index in [2.05, 4.69) is 10.6 Å². The van der Waals surface area contributed by atoms with Gasteiger partial charge in [-0.05, 0) is 30.2 Å². The molecule has 0 unspecified atom stereocenters. The topological polar surface area (TPSA) is 78.4 Å². The number of amides is 1. The van der Waals surface area contributed by atoms with E-state index in [9.17, 15) is 14.7 Å². The number of hydrogen-bond acceptors (Lipinski definition) is 3. The molecule has 30 heavy (non-hydrogen) atoms. The van der Waals surface area contributed by atoms with E-state index in [-0.39, 0.29) is 18.7 Å². The van der Waals surface area contributed by atoms with Crippen molar-refractivity contribution in [2.24, 2.45) is 0 Å². The molecule has 0 saturated heterocycles. The van der Waals surface area contributed by atoms with Crippen molar-refractivity contribution in [2.45, 2.75) is 24.4 Å². The molecule has 0 saturated carbocycles. The van der Waals surface area contributed by atoms with Gasteiger partial charge < -0.3 is 15.7 Å². The van der Waals surface area contributed by atoms with Crippen molar-refractivity contribution in [3.63, 3.8) is 0 Å². The van der Waals surface area contributed by atoms with Crippen LogP contribution in [0.5, 0.6) is 0 Å². The minimum absolute atomic E-state index is 0.0893. The molecule has 0 aliphatic heterocycles. The highest BCUT2D eigenvalue weighted by Gasteiger charge is 2.37. The molecule has 0 spiro atoms. The van der Waals surface area contributed by atoms with E-state index >= 15 is 0 Å². The lowest BCUT2D eigenvalue weighted by atomic mass is 9.77. The summed E-state index contributed by atoms with van der Waals surface area (Å²) < 4.78 is 0. The van der Waals surface area contributed by atoms with Crippen LogP contribution >= 0.6 is 0 Å². The van der Waals surface area contributed by atoms with Crippen LogP contribution in [0.2, 0.25) is 0 Å². The quantitative estimate of drug-likeness (QED) is 0.479. The van der Waals surface area contributed by atoms with E-state index in [0.717, 1.165) is 16.7 Å². The number of hydrogen-bond donors (Lipinski definition) is 3. The van der Waals surface area contributed by atoms with Gasteiger partial charge in [0, 0.05) is 6.42 Å². The van der Waals surface area contributed by atoms with E-state index in [1.165, 1.54) is 0 Å². The molecule has 0 radical (unpaired) electrons. The lowest BCUT2D eigenvalue weighted by molar-refractivity contribution is -0.139. The fraction of sp³-hybridized carbons (Fsp3) is 0.200. The fourth-order valence-corrected chi connectivity index (χ4v) is 3.72. The van der Waals surface area contributed by atoms with Gasteiger partial charge in [-0.2, -0.15) is 0 Å². The Bertz CT molecular complexity index is 863. The molecule has 3 rings (SSSR count). The fourth-order valence-electron chi connectivity index (χ4n) is 3.72. The summed E-state index contributed by atoms with van der Waals surface area (Å²) in [5, 5.41) is 15.2. The van der Waals surface area contributed by atoms with Crippen LogP contribution in [-0.4, -0.2) is 30.1 Å². The van der Waals surface area contributed by atoms with Crippen LogP contribution in [0.4, 0.5) is 0 Å². The van der Waals surface area contributed by atoms with E-state index in [0.29, 0.717) is 0 Å². The number of aliphatic carboxylic acids is 1. The van der Waals surface area contributed by atoms with E-state index in [1.807, 2.05) is 91.0 Å².